The summed E-state index contributed by atoms with van der Waals surface area (Å²) in [6, 6.07) is 11.1. The standard InChI is InChI=1S/C23H27FN2O2/c1-15-5-7-20-17(11-15)18-13-25(3)10-9-21(18)26(20)14-23(2,27)16-6-8-22(28-4)19(24)12-16/h5-8,11-12,27H,9-10,13-14H2,1-4H3. The molecule has 28 heavy (non-hydrogen) atoms. The Balaban J connectivity index is 1.80. The number of halogens is 1. The third-order valence-electron chi connectivity index (χ3n) is 5.84. The fraction of sp³-hybridized carbons (Fsp3) is 0.391. The summed E-state index contributed by atoms with van der Waals surface area (Å²) >= 11 is 0. The van der Waals surface area contributed by atoms with Gasteiger partial charge in [0.25, 0.3) is 0 Å². The van der Waals surface area contributed by atoms with Crippen LogP contribution < -0.4 is 4.74 Å². The Morgan fingerprint density at radius 1 is 1.21 bits per heavy atom. The molecule has 1 aliphatic rings. The fourth-order valence-corrected chi connectivity index (χ4v) is 4.28. The number of rotatable bonds is 4. The maximum atomic E-state index is 14.2. The van der Waals surface area contributed by atoms with Crippen molar-refractivity contribution in [3.8, 4) is 5.75 Å². The van der Waals surface area contributed by atoms with Crippen LogP contribution in [0.4, 0.5) is 4.39 Å². The first kappa shape index (κ1) is 19.0. The predicted molar refractivity (Wildman–Crippen MR) is 109 cm³/mol. The molecule has 0 radical (unpaired) electrons. The lowest BCUT2D eigenvalue weighted by atomic mass is 9.95. The molecule has 1 N–H and O–H groups in total. The van der Waals surface area contributed by atoms with Crippen molar-refractivity contribution in [1.82, 2.24) is 9.47 Å². The van der Waals surface area contributed by atoms with Gasteiger partial charge in [-0.1, -0.05) is 17.7 Å². The van der Waals surface area contributed by atoms with E-state index in [9.17, 15) is 9.50 Å². The number of hydrogen-bond acceptors (Lipinski definition) is 3. The SMILES string of the molecule is COc1ccc(C(C)(O)Cn2c3c(c4cc(C)ccc42)CN(C)CC3)cc1F. The summed E-state index contributed by atoms with van der Waals surface area (Å²) in [7, 11) is 3.58. The fourth-order valence-electron chi connectivity index (χ4n) is 4.28. The third kappa shape index (κ3) is 3.19. The van der Waals surface area contributed by atoms with Crippen LogP contribution >= 0.6 is 0 Å². The van der Waals surface area contributed by atoms with Crippen molar-refractivity contribution in [2.24, 2.45) is 0 Å². The zero-order valence-corrected chi connectivity index (χ0v) is 16.9. The highest BCUT2D eigenvalue weighted by Gasteiger charge is 2.29. The molecule has 1 unspecified atom stereocenters. The van der Waals surface area contributed by atoms with E-state index in [0.29, 0.717) is 12.1 Å². The molecule has 0 spiro atoms. The van der Waals surface area contributed by atoms with E-state index in [1.165, 1.54) is 35.4 Å². The van der Waals surface area contributed by atoms with E-state index >= 15 is 0 Å². The molecule has 5 heteroatoms. The van der Waals surface area contributed by atoms with Gasteiger partial charge >= 0.3 is 0 Å². The largest absolute Gasteiger partial charge is 0.494 e. The van der Waals surface area contributed by atoms with E-state index in [2.05, 4.69) is 41.6 Å². The number of hydrogen-bond donors (Lipinski definition) is 1. The summed E-state index contributed by atoms with van der Waals surface area (Å²) in [5.41, 5.74) is 4.30. The van der Waals surface area contributed by atoms with Crippen molar-refractivity contribution < 1.29 is 14.2 Å². The van der Waals surface area contributed by atoms with E-state index in [1.807, 2.05) is 0 Å². The number of nitrogens with zero attached hydrogens (tertiary/aromatic N) is 2. The molecule has 4 rings (SSSR count). The minimum absolute atomic E-state index is 0.182. The normalized spacial score (nSPS) is 16.8. The van der Waals surface area contributed by atoms with Crippen LogP contribution in [0.15, 0.2) is 36.4 Å². The van der Waals surface area contributed by atoms with E-state index in [4.69, 9.17) is 4.74 Å². The van der Waals surface area contributed by atoms with Crippen LogP contribution in [0.2, 0.25) is 0 Å². The van der Waals surface area contributed by atoms with Crippen molar-refractivity contribution in [2.75, 3.05) is 20.7 Å². The van der Waals surface area contributed by atoms with Gasteiger partial charge in [0.15, 0.2) is 11.6 Å². The van der Waals surface area contributed by atoms with E-state index in [0.717, 1.165) is 25.0 Å². The van der Waals surface area contributed by atoms with Crippen LogP contribution in [0.5, 0.6) is 5.75 Å². The predicted octanol–water partition coefficient (Wildman–Crippen LogP) is 3.99. The Hall–Kier alpha value is -2.37. The van der Waals surface area contributed by atoms with Gasteiger partial charge in [0.2, 0.25) is 0 Å². The topological polar surface area (TPSA) is 37.6 Å². The van der Waals surface area contributed by atoms with Gasteiger partial charge < -0.3 is 19.3 Å². The first-order chi connectivity index (χ1) is 13.3. The summed E-state index contributed by atoms with van der Waals surface area (Å²) in [6.07, 6.45) is 0.937. The highest BCUT2D eigenvalue weighted by atomic mass is 19.1. The van der Waals surface area contributed by atoms with E-state index in [1.54, 1.807) is 19.1 Å². The average Bonchev–Trinajstić information content (AvgIpc) is 2.93. The molecular formula is C23H27FN2O2. The Morgan fingerprint density at radius 2 is 2.00 bits per heavy atom. The highest BCUT2D eigenvalue weighted by Crippen LogP contribution is 2.35. The molecule has 0 aliphatic carbocycles. The van der Waals surface area contributed by atoms with Gasteiger partial charge in [0.1, 0.15) is 5.60 Å². The molecule has 2 heterocycles. The molecule has 0 saturated carbocycles. The second kappa shape index (κ2) is 6.90. The van der Waals surface area contributed by atoms with Gasteiger partial charge in [-0.3, -0.25) is 0 Å². The Kier molecular flexibility index (Phi) is 4.68. The smallest absolute Gasteiger partial charge is 0.165 e. The van der Waals surface area contributed by atoms with Crippen molar-refractivity contribution >= 4 is 10.9 Å². The van der Waals surface area contributed by atoms with Crippen molar-refractivity contribution in [1.29, 1.82) is 0 Å². The molecule has 148 valence electrons. The lowest BCUT2D eigenvalue weighted by molar-refractivity contribution is 0.0381. The van der Waals surface area contributed by atoms with Crippen molar-refractivity contribution in [3.05, 3.63) is 64.6 Å². The van der Waals surface area contributed by atoms with Crippen LogP contribution in [0.3, 0.4) is 0 Å². The molecule has 1 atom stereocenters. The Morgan fingerprint density at radius 3 is 2.71 bits per heavy atom. The maximum absolute atomic E-state index is 14.2. The molecule has 0 saturated heterocycles. The maximum Gasteiger partial charge on any atom is 0.165 e. The molecule has 0 fully saturated rings. The first-order valence-electron chi connectivity index (χ1n) is 9.65. The molecular weight excluding hydrogens is 355 g/mol. The van der Waals surface area contributed by atoms with Gasteiger partial charge in [-0.05, 0) is 56.3 Å². The quantitative estimate of drug-likeness (QED) is 0.741. The highest BCUT2D eigenvalue weighted by molar-refractivity contribution is 5.86. The Bertz CT molecular complexity index is 1040. The van der Waals surface area contributed by atoms with Gasteiger partial charge in [0.05, 0.1) is 13.7 Å². The van der Waals surface area contributed by atoms with Crippen LogP contribution in [0.25, 0.3) is 10.9 Å². The number of benzene rings is 2. The van der Waals surface area contributed by atoms with Crippen molar-refractivity contribution in [2.45, 2.75) is 39.0 Å². The minimum atomic E-state index is -1.21. The zero-order chi connectivity index (χ0) is 20.1. The number of aromatic nitrogens is 1. The average molecular weight is 382 g/mol. The Labute approximate surface area is 165 Å². The molecule has 1 aromatic heterocycles. The summed E-state index contributed by atoms with van der Waals surface area (Å²) < 4.78 is 21.5. The minimum Gasteiger partial charge on any atom is -0.494 e. The van der Waals surface area contributed by atoms with Gasteiger partial charge in [-0.2, -0.15) is 0 Å². The second-order valence-electron chi connectivity index (χ2n) is 8.14. The van der Waals surface area contributed by atoms with Gasteiger partial charge in [0, 0.05) is 36.1 Å². The van der Waals surface area contributed by atoms with Gasteiger partial charge in [-0.25, -0.2) is 4.39 Å². The van der Waals surface area contributed by atoms with Crippen LogP contribution in [0.1, 0.15) is 29.3 Å². The third-order valence-corrected chi connectivity index (χ3v) is 5.84. The molecule has 4 nitrogen and oxygen atoms in total. The first-order valence-corrected chi connectivity index (χ1v) is 9.65. The van der Waals surface area contributed by atoms with E-state index in [-0.39, 0.29) is 5.75 Å². The van der Waals surface area contributed by atoms with Crippen LogP contribution in [0, 0.1) is 12.7 Å². The van der Waals surface area contributed by atoms with Crippen LogP contribution in [-0.2, 0) is 25.1 Å². The van der Waals surface area contributed by atoms with Crippen molar-refractivity contribution in [3.63, 3.8) is 0 Å². The molecule has 3 aromatic rings. The lowest BCUT2D eigenvalue weighted by Gasteiger charge is -2.29. The number of ether oxygens (including phenoxy) is 1. The summed E-state index contributed by atoms with van der Waals surface area (Å²) in [6.45, 7) is 6.11. The molecule has 0 bridgehead atoms. The number of likely N-dealkylation sites (N-methyl/N-ethyl adjacent to an activating group) is 1. The van der Waals surface area contributed by atoms with Crippen LogP contribution in [-0.4, -0.2) is 35.3 Å². The van der Waals surface area contributed by atoms with E-state index < -0.39 is 11.4 Å². The number of fused-ring (bicyclic) bond motifs is 3. The molecule has 2 aromatic carbocycles. The summed E-state index contributed by atoms with van der Waals surface area (Å²) in [4.78, 5) is 2.32. The lowest BCUT2D eigenvalue weighted by Crippen LogP contribution is -2.31. The number of methoxy groups -OCH3 is 1. The second-order valence-corrected chi connectivity index (χ2v) is 8.14. The summed E-state index contributed by atoms with van der Waals surface area (Å²) in [5.74, 6) is -0.279. The van der Waals surface area contributed by atoms with Gasteiger partial charge in [-0.15, -0.1) is 0 Å². The monoisotopic (exact) mass is 382 g/mol. The molecule has 1 aliphatic heterocycles. The zero-order valence-electron chi connectivity index (χ0n) is 16.9. The number of aliphatic hydroxyl groups is 1. The summed E-state index contributed by atoms with van der Waals surface area (Å²) in [5, 5.41) is 12.5. The number of aryl methyl sites for hydroxylation is 1. The molecule has 0 amide bonds.